The molecule has 0 spiro atoms. The van der Waals surface area contributed by atoms with Crippen molar-refractivity contribution >= 4 is 5.91 Å². The molecule has 0 heterocycles. The number of primary amides is 1. The molecular formula is C17H30N2O3. The summed E-state index contributed by atoms with van der Waals surface area (Å²) >= 11 is 0. The number of nitrogens with two attached hydrogens (primary N) is 2. The van der Waals surface area contributed by atoms with Crippen LogP contribution in [0.3, 0.4) is 0 Å². The monoisotopic (exact) mass is 310 g/mol. The van der Waals surface area contributed by atoms with Gasteiger partial charge in [0.15, 0.2) is 0 Å². The van der Waals surface area contributed by atoms with Gasteiger partial charge in [-0.1, -0.05) is 41.5 Å². The molecule has 0 radical (unpaired) electrons. The van der Waals surface area contributed by atoms with E-state index in [1.54, 1.807) is 0 Å². The van der Waals surface area contributed by atoms with Crippen molar-refractivity contribution in [2.24, 2.45) is 11.5 Å². The van der Waals surface area contributed by atoms with Crippen molar-refractivity contribution in [1.29, 1.82) is 0 Å². The van der Waals surface area contributed by atoms with E-state index in [4.69, 9.17) is 11.5 Å². The fourth-order valence-corrected chi connectivity index (χ4v) is 2.35. The summed E-state index contributed by atoms with van der Waals surface area (Å²) in [5, 5.41) is 10.6. The molecule has 1 aromatic rings. The number of amides is 1. The summed E-state index contributed by atoms with van der Waals surface area (Å²) < 4.78 is 0. The molecule has 0 aliphatic rings. The summed E-state index contributed by atoms with van der Waals surface area (Å²) in [6.07, 6.45) is 0.0952. The zero-order valence-electron chi connectivity index (χ0n) is 14.4. The lowest BCUT2D eigenvalue weighted by atomic mass is 9.77. The number of rotatable bonds is 3. The molecular weight excluding hydrogens is 280 g/mol. The van der Waals surface area contributed by atoms with Gasteiger partial charge in [-0.15, -0.1) is 0 Å². The van der Waals surface area contributed by atoms with Gasteiger partial charge in [0.1, 0.15) is 5.75 Å². The Morgan fingerprint density at radius 3 is 1.73 bits per heavy atom. The molecule has 1 aromatic carbocycles. The summed E-state index contributed by atoms with van der Waals surface area (Å²) in [4.78, 5) is 11.1. The Morgan fingerprint density at radius 1 is 1.09 bits per heavy atom. The van der Waals surface area contributed by atoms with Gasteiger partial charge in [-0.2, -0.15) is 0 Å². The van der Waals surface area contributed by atoms with Crippen molar-refractivity contribution in [2.45, 2.75) is 64.8 Å². The molecule has 1 atom stereocenters. The maximum absolute atomic E-state index is 11.1. The van der Waals surface area contributed by atoms with Crippen LogP contribution in [-0.4, -0.2) is 16.5 Å². The van der Waals surface area contributed by atoms with Crippen molar-refractivity contribution in [2.75, 3.05) is 0 Å². The molecule has 1 unspecified atom stereocenters. The third-order valence-electron chi connectivity index (χ3n) is 3.60. The van der Waals surface area contributed by atoms with Crippen LogP contribution in [-0.2, 0) is 15.6 Å². The van der Waals surface area contributed by atoms with Gasteiger partial charge in [0, 0.05) is 12.5 Å². The second-order valence-corrected chi connectivity index (χ2v) is 7.74. The van der Waals surface area contributed by atoms with Crippen LogP contribution in [0.4, 0.5) is 0 Å². The van der Waals surface area contributed by atoms with Crippen molar-refractivity contribution < 1.29 is 15.4 Å². The fourth-order valence-electron chi connectivity index (χ4n) is 2.35. The second kappa shape index (κ2) is 6.67. The number of hydrogen-bond donors (Lipinski definition) is 3. The number of aromatic hydroxyl groups is 1. The topological polar surface area (TPSA) is 121 Å². The van der Waals surface area contributed by atoms with Crippen molar-refractivity contribution in [3.05, 3.63) is 28.8 Å². The van der Waals surface area contributed by atoms with E-state index >= 15 is 0 Å². The molecule has 126 valence electrons. The highest BCUT2D eigenvalue weighted by Crippen LogP contribution is 2.40. The maximum atomic E-state index is 11.1. The molecule has 5 heteroatoms. The first-order valence-corrected chi connectivity index (χ1v) is 7.25. The van der Waals surface area contributed by atoms with Crippen LogP contribution in [0, 0.1) is 0 Å². The van der Waals surface area contributed by atoms with Gasteiger partial charge in [-0.3, -0.25) is 4.79 Å². The second-order valence-electron chi connectivity index (χ2n) is 7.74. The molecule has 0 aliphatic carbocycles. The van der Waals surface area contributed by atoms with Crippen LogP contribution in [0.25, 0.3) is 0 Å². The summed E-state index contributed by atoms with van der Waals surface area (Å²) in [6, 6.07) is 3.32. The third kappa shape index (κ3) is 4.71. The van der Waals surface area contributed by atoms with Crippen LogP contribution >= 0.6 is 0 Å². The van der Waals surface area contributed by atoms with Gasteiger partial charge in [0.25, 0.3) is 0 Å². The van der Waals surface area contributed by atoms with Crippen LogP contribution in [0.5, 0.6) is 5.75 Å². The predicted molar refractivity (Wildman–Crippen MR) is 89.9 cm³/mol. The van der Waals surface area contributed by atoms with E-state index in [0.29, 0.717) is 5.75 Å². The van der Waals surface area contributed by atoms with E-state index in [-0.39, 0.29) is 22.7 Å². The Balaban J connectivity index is 0.00000441. The Hall–Kier alpha value is -1.59. The molecule has 0 bridgehead atoms. The van der Waals surface area contributed by atoms with Crippen LogP contribution < -0.4 is 11.5 Å². The first kappa shape index (κ1) is 20.4. The standard InChI is InChI=1S/C17H28N2O2.H2O/c1-16(2,3)11-7-10(13(18)9-14(19)20)8-12(15(11)21)17(4,5)6;/h7-8,13,21H,9,18H2,1-6H3,(H2,19,20);1H2. The molecule has 1 amide bonds. The zero-order valence-corrected chi connectivity index (χ0v) is 14.4. The Bertz CT molecular complexity index is 505. The van der Waals surface area contributed by atoms with Gasteiger partial charge in [-0.05, 0) is 39.7 Å². The number of phenolic OH excluding ortho intramolecular Hbond substituents is 1. The quantitative estimate of drug-likeness (QED) is 0.792. The van der Waals surface area contributed by atoms with Crippen molar-refractivity contribution in [3.8, 4) is 5.75 Å². The largest absolute Gasteiger partial charge is 0.507 e. The van der Waals surface area contributed by atoms with Crippen molar-refractivity contribution in [3.63, 3.8) is 0 Å². The summed E-state index contributed by atoms with van der Waals surface area (Å²) in [5.41, 5.74) is 13.4. The van der Waals surface area contributed by atoms with Crippen LogP contribution in [0.15, 0.2) is 12.1 Å². The maximum Gasteiger partial charge on any atom is 0.219 e. The molecule has 0 fully saturated rings. The minimum Gasteiger partial charge on any atom is -0.507 e. The number of benzene rings is 1. The molecule has 5 nitrogen and oxygen atoms in total. The molecule has 0 saturated heterocycles. The first-order chi connectivity index (χ1) is 9.34. The minimum atomic E-state index is -0.453. The third-order valence-corrected chi connectivity index (χ3v) is 3.60. The van der Waals surface area contributed by atoms with E-state index in [2.05, 4.69) is 0 Å². The van der Waals surface area contributed by atoms with Gasteiger partial charge in [-0.25, -0.2) is 0 Å². The highest BCUT2D eigenvalue weighted by molar-refractivity contribution is 5.74. The number of carbonyl (C=O) groups is 1. The number of carbonyl (C=O) groups excluding carboxylic acids is 1. The molecule has 1 rings (SSSR count). The normalized spacial score (nSPS) is 13.4. The molecule has 7 N–H and O–H groups in total. The van der Waals surface area contributed by atoms with E-state index in [1.165, 1.54) is 0 Å². The van der Waals surface area contributed by atoms with Crippen LogP contribution in [0.1, 0.15) is 70.7 Å². The van der Waals surface area contributed by atoms with E-state index in [1.807, 2.05) is 53.7 Å². The first-order valence-electron chi connectivity index (χ1n) is 7.25. The lowest BCUT2D eigenvalue weighted by molar-refractivity contribution is -0.118. The van der Waals surface area contributed by atoms with Gasteiger partial charge in [0.2, 0.25) is 5.91 Å². The SMILES string of the molecule is CC(C)(C)c1cc(C(N)CC(N)=O)cc(C(C)(C)C)c1O.O. The zero-order chi connectivity index (χ0) is 16.6. The van der Waals surface area contributed by atoms with E-state index in [9.17, 15) is 9.90 Å². The Morgan fingerprint density at radius 2 is 1.45 bits per heavy atom. The lowest BCUT2D eigenvalue weighted by Gasteiger charge is -2.29. The molecule has 0 aliphatic heterocycles. The Labute approximate surface area is 133 Å². The lowest BCUT2D eigenvalue weighted by Crippen LogP contribution is -2.23. The smallest absolute Gasteiger partial charge is 0.219 e. The summed E-state index contributed by atoms with van der Waals surface area (Å²) in [6.45, 7) is 12.2. The predicted octanol–water partition coefficient (Wildman–Crippen LogP) is 2.04. The van der Waals surface area contributed by atoms with Gasteiger partial charge >= 0.3 is 0 Å². The molecule has 0 aromatic heterocycles. The van der Waals surface area contributed by atoms with E-state index < -0.39 is 11.9 Å². The number of hydrogen-bond acceptors (Lipinski definition) is 3. The highest BCUT2D eigenvalue weighted by atomic mass is 16.3. The highest BCUT2D eigenvalue weighted by Gasteiger charge is 2.27. The molecule has 0 saturated carbocycles. The summed E-state index contributed by atoms with van der Waals surface area (Å²) in [5.74, 6) is -0.116. The van der Waals surface area contributed by atoms with Gasteiger partial charge in [0.05, 0.1) is 0 Å². The minimum absolute atomic E-state index is 0. The van der Waals surface area contributed by atoms with Gasteiger partial charge < -0.3 is 22.1 Å². The Kier molecular flexibility index (Phi) is 6.19. The fraction of sp³-hybridized carbons (Fsp3) is 0.588. The summed E-state index contributed by atoms with van der Waals surface area (Å²) in [7, 11) is 0. The van der Waals surface area contributed by atoms with Crippen LogP contribution in [0.2, 0.25) is 0 Å². The average Bonchev–Trinajstić information content (AvgIpc) is 2.24. The molecule has 22 heavy (non-hydrogen) atoms. The van der Waals surface area contributed by atoms with E-state index in [0.717, 1.165) is 16.7 Å². The average molecular weight is 310 g/mol. The number of phenols is 1. The van der Waals surface area contributed by atoms with Crippen molar-refractivity contribution in [1.82, 2.24) is 0 Å².